The molecule has 8 heteroatoms. The Morgan fingerprint density at radius 3 is 2.63 bits per heavy atom. The highest BCUT2D eigenvalue weighted by molar-refractivity contribution is 6.35. The first-order chi connectivity index (χ1) is 12.9. The maximum absolute atomic E-state index is 12.4. The van der Waals surface area contributed by atoms with Crippen LogP contribution in [0.5, 0.6) is 0 Å². The smallest absolute Gasteiger partial charge is 0.360 e. The van der Waals surface area contributed by atoms with Crippen LogP contribution in [0.3, 0.4) is 0 Å². The standard InChI is InChI=1S/C19H17Cl2N3O3/c1-10(13-8-7-12(20)9-15(13)21)22-18(25)11(2)27-19(26)17-14-5-3-4-6-16(14)23-24-17/h3-11H,1-2H3,(H,22,25)(H,23,24)/t10-,11+/m1/s1. The fourth-order valence-electron chi connectivity index (χ4n) is 2.65. The topological polar surface area (TPSA) is 84.1 Å². The van der Waals surface area contributed by atoms with Gasteiger partial charge >= 0.3 is 5.97 Å². The van der Waals surface area contributed by atoms with Crippen molar-refractivity contribution in [1.29, 1.82) is 0 Å². The van der Waals surface area contributed by atoms with Crippen molar-refractivity contribution < 1.29 is 14.3 Å². The van der Waals surface area contributed by atoms with E-state index in [0.29, 0.717) is 26.5 Å². The molecule has 0 bridgehead atoms. The number of ether oxygens (including phenoxy) is 1. The summed E-state index contributed by atoms with van der Waals surface area (Å²) in [4.78, 5) is 24.7. The predicted octanol–water partition coefficient (Wildman–Crippen LogP) is 4.29. The summed E-state index contributed by atoms with van der Waals surface area (Å²) in [6.07, 6.45) is -0.999. The summed E-state index contributed by atoms with van der Waals surface area (Å²) in [5.41, 5.74) is 1.57. The molecule has 2 atom stereocenters. The fourth-order valence-corrected chi connectivity index (χ4v) is 3.22. The third-order valence-corrected chi connectivity index (χ3v) is 4.67. The molecule has 0 saturated heterocycles. The molecule has 0 aliphatic rings. The number of aromatic amines is 1. The lowest BCUT2D eigenvalue weighted by molar-refractivity contribution is -0.129. The Morgan fingerprint density at radius 2 is 1.89 bits per heavy atom. The van der Waals surface area contributed by atoms with E-state index in [-0.39, 0.29) is 11.7 Å². The molecule has 3 aromatic rings. The van der Waals surface area contributed by atoms with E-state index in [4.69, 9.17) is 27.9 Å². The third-order valence-electron chi connectivity index (χ3n) is 4.10. The first kappa shape index (κ1) is 19.2. The van der Waals surface area contributed by atoms with Gasteiger partial charge in [0.15, 0.2) is 11.8 Å². The highest BCUT2D eigenvalue weighted by Gasteiger charge is 2.24. The minimum absolute atomic E-state index is 0.138. The number of carbonyl (C=O) groups is 2. The lowest BCUT2D eigenvalue weighted by Crippen LogP contribution is -2.37. The van der Waals surface area contributed by atoms with Crippen LogP contribution in [-0.4, -0.2) is 28.2 Å². The molecule has 0 radical (unpaired) electrons. The lowest BCUT2D eigenvalue weighted by atomic mass is 10.1. The number of carbonyl (C=O) groups excluding carboxylic acids is 2. The molecule has 1 aromatic heterocycles. The van der Waals surface area contributed by atoms with Crippen LogP contribution in [0.25, 0.3) is 10.9 Å². The van der Waals surface area contributed by atoms with Crippen molar-refractivity contribution in [1.82, 2.24) is 15.5 Å². The average Bonchev–Trinajstić information content (AvgIpc) is 3.05. The first-order valence-electron chi connectivity index (χ1n) is 8.26. The minimum Gasteiger partial charge on any atom is -0.448 e. The summed E-state index contributed by atoms with van der Waals surface area (Å²) in [6, 6.07) is 11.8. The van der Waals surface area contributed by atoms with Crippen LogP contribution in [0, 0.1) is 0 Å². The highest BCUT2D eigenvalue weighted by Crippen LogP contribution is 2.26. The number of hydrogen-bond acceptors (Lipinski definition) is 4. The van der Waals surface area contributed by atoms with Crippen LogP contribution in [-0.2, 0) is 9.53 Å². The molecular formula is C19H17Cl2N3O3. The Morgan fingerprint density at radius 1 is 1.15 bits per heavy atom. The normalized spacial score (nSPS) is 13.2. The fraction of sp³-hybridized carbons (Fsp3) is 0.211. The monoisotopic (exact) mass is 405 g/mol. The Bertz CT molecular complexity index is 1000. The zero-order valence-corrected chi connectivity index (χ0v) is 16.1. The number of nitrogens with zero attached hydrogens (tertiary/aromatic N) is 1. The van der Waals surface area contributed by atoms with Crippen molar-refractivity contribution in [2.24, 2.45) is 0 Å². The van der Waals surface area contributed by atoms with Gasteiger partial charge in [-0.15, -0.1) is 0 Å². The van der Waals surface area contributed by atoms with Crippen molar-refractivity contribution in [2.75, 3.05) is 0 Å². The van der Waals surface area contributed by atoms with Gasteiger partial charge in [0.2, 0.25) is 0 Å². The van der Waals surface area contributed by atoms with Crippen molar-refractivity contribution in [3.8, 4) is 0 Å². The minimum atomic E-state index is -0.999. The second-order valence-corrected chi connectivity index (χ2v) is 6.91. The number of benzene rings is 2. The Kier molecular flexibility index (Phi) is 5.68. The quantitative estimate of drug-likeness (QED) is 0.619. The van der Waals surface area contributed by atoms with Crippen LogP contribution in [0.15, 0.2) is 42.5 Å². The van der Waals surface area contributed by atoms with Gasteiger partial charge < -0.3 is 10.1 Å². The van der Waals surface area contributed by atoms with Crippen molar-refractivity contribution in [2.45, 2.75) is 26.0 Å². The largest absolute Gasteiger partial charge is 0.448 e. The number of fused-ring (bicyclic) bond motifs is 1. The van der Waals surface area contributed by atoms with Gasteiger partial charge in [-0.25, -0.2) is 4.79 Å². The summed E-state index contributed by atoms with van der Waals surface area (Å²) in [7, 11) is 0. The number of hydrogen-bond donors (Lipinski definition) is 2. The molecule has 0 fully saturated rings. The number of amides is 1. The van der Waals surface area contributed by atoms with E-state index in [2.05, 4.69) is 15.5 Å². The molecule has 1 amide bonds. The van der Waals surface area contributed by atoms with E-state index < -0.39 is 18.0 Å². The van der Waals surface area contributed by atoms with E-state index in [9.17, 15) is 9.59 Å². The van der Waals surface area contributed by atoms with Gasteiger partial charge in [0.25, 0.3) is 5.91 Å². The zero-order chi connectivity index (χ0) is 19.6. The predicted molar refractivity (Wildman–Crippen MR) is 104 cm³/mol. The molecule has 140 valence electrons. The van der Waals surface area contributed by atoms with Gasteiger partial charge in [-0.05, 0) is 37.6 Å². The highest BCUT2D eigenvalue weighted by atomic mass is 35.5. The molecule has 6 nitrogen and oxygen atoms in total. The van der Waals surface area contributed by atoms with Crippen molar-refractivity contribution >= 4 is 46.0 Å². The van der Waals surface area contributed by atoms with Crippen LogP contribution < -0.4 is 5.32 Å². The van der Waals surface area contributed by atoms with E-state index in [0.717, 1.165) is 0 Å². The summed E-state index contributed by atoms with van der Waals surface area (Å²) in [6.45, 7) is 3.28. The molecular weight excluding hydrogens is 389 g/mol. The molecule has 0 unspecified atom stereocenters. The molecule has 0 saturated carbocycles. The third kappa shape index (κ3) is 4.23. The maximum atomic E-state index is 12.4. The van der Waals surface area contributed by atoms with E-state index >= 15 is 0 Å². The lowest BCUT2D eigenvalue weighted by Gasteiger charge is -2.19. The van der Waals surface area contributed by atoms with Gasteiger partial charge in [0.05, 0.1) is 11.6 Å². The van der Waals surface area contributed by atoms with E-state index in [1.54, 1.807) is 43.3 Å². The number of H-pyrrole nitrogens is 1. The van der Waals surface area contributed by atoms with Crippen LogP contribution in [0.4, 0.5) is 0 Å². The average molecular weight is 406 g/mol. The number of aromatic nitrogens is 2. The second-order valence-electron chi connectivity index (χ2n) is 6.06. The maximum Gasteiger partial charge on any atom is 0.360 e. The van der Waals surface area contributed by atoms with Crippen LogP contribution >= 0.6 is 23.2 Å². The molecule has 0 spiro atoms. The number of esters is 1. The van der Waals surface area contributed by atoms with Gasteiger partial charge in [-0.1, -0.05) is 47.5 Å². The molecule has 2 aromatic carbocycles. The summed E-state index contributed by atoms with van der Waals surface area (Å²) in [5.74, 6) is -1.12. The van der Waals surface area contributed by atoms with E-state index in [1.165, 1.54) is 6.92 Å². The van der Waals surface area contributed by atoms with Gasteiger partial charge in [0, 0.05) is 15.4 Å². The van der Waals surface area contributed by atoms with Gasteiger partial charge in [0.1, 0.15) is 0 Å². The Labute approximate surface area is 165 Å². The van der Waals surface area contributed by atoms with Crippen molar-refractivity contribution in [3.63, 3.8) is 0 Å². The van der Waals surface area contributed by atoms with Crippen LogP contribution in [0.1, 0.15) is 35.9 Å². The molecule has 0 aliphatic carbocycles. The molecule has 1 heterocycles. The van der Waals surface area contributed by atoms with Gasteiger partial charge in [-0.2, -0.15) is 5.10 Å². The number of halogens is 2. The SMILES string of the molecule is C[C@H](OC(=O)c1n[nH]c2ccccc12)C(=O)N[C@H](C)c1ccc(Cl)cc1Cl. The molecule has 2 N–H and O–H groups in total. The first-order valence-corrected chi connectivity index (χ1v) is 9.02. The molecule has 0 aliphatic heterocycles. The Balaban J connectivity index is 1.65. The Hall–Kier alpha value is -2.57. The van der Waals surface area contributed by atoms with E-state index in [1.807, 2.05) is 6.07 Å². The second kappa shape index (κ2) is 7.98. The number of rotatable bonds is 5. The number of para-hydroxylation sites is 1. The molecule has 27 heavy (non-hydrogen) atoms. The van der Waals surface area contributed by atoms with Crippen molar-refractivity contribution in [3.05, 3.63) is 63.8 Å². The van der Waals surface area contributed by atoms with Gasteiger partial charge in [-0.3, -0.25) is 9.89 Å². The summed E-state index contributed by atoms with van der Waals surface area (Å²) in [5, 5.41) is 11.1. The number of nitrogens with one attached hydrogen (secondary N) is 2. The zero-order valence-electron chi connectivity index (χ0n) is 14.6. The summed E-state index contributed by atoms with van der Waals surface area (Å²) >= 11 is 12.0. The summed E-state index contributed by atoms with van der Waals surface area (Å²) < 4.78 is 5.26. The molecule has 3 rings (SSSR count). The van der Waals surface area contributed by atoms with Crippen LogP contribution in [0.2, 0.25) is 10.0 Å².